The van der Waals surface area contributed by atoms with Gasteiger partial charge in [0.15, 0.2) is 17.4 Å². The first-order valence-corrected chi connectivity index (χ1v) is 6.13. The van der Waals surface area contributed by atoms with Crippen LogP contribution in [-0.4, -0.2) is 19.9 Å². The molecular formula is C13H16FN3O2. The van der Waals surface area contributed by atoms with Gasteiger partial charge in [0, 0.05) is 6.54 Å². The zero-order valence-corrected chi connectivity index (χ0v) is 10.7. The summed E-state index contributed by atoms with van der Waals surface area (Å²) in [5.74, 6) is 0.309. The van der Waals surface area contributed by atoms with E-state index in [-0.39, 0.29) is 19.0 Å². The highest BCUT2D eigenvalue weighted by atomic mass is 19.1. The number of hydrogen-bond acceptors (Lipinski definition) is 4. The molecule has 1 aromatic carbocycles. The van der Waals surface area contributed by atoms with Gasteiger partial charge in [0.25, 0.3) is 0 Å². The highest BCUT2D eigenvalue weighted by Gasteiger charge is 2.08. The van der Waals surface area contributed by atoms with Crippen molar-refractivity contribution in [3.05, 3.63) is 41.7 Å². The smallest absolute Gasteiger partial charge is 0.165 e. The minimum atomic E-state index is -0.492. The molecule has 1 N–H and O–H groups in total. The second kappa shape index (κ2) is 6.29. The van der Waals surface area contributed by atoms with Gasteiger partial charge in [-0.05, 0) is 24.1 Å². The van der Waals surface area contributed by atoms with E-state index in [9.17, 15) is 4.39 Å². The molecular weight excluding hydrogens is 249 g/mol. The molecule has 6 heteroatoms. The van der Waals surface area contributed by atoms with Gasteiger partial charge in [-0.3, -0.25) is 0 Å². The van der Waals surface area contributed by atoms with Gasteiger partial charge in [-0.2, -0.15) is 5.10 Å². The lowest BCUT2D eigenvalue weighted by molar-refractivity contribution is 0.268. The first kappa shape index (κ1) is 13.5. The van der Waals surface area contributed by atoms with Crippen molar-refractivity contribution in [3.63, 3.8) is 0 Å². The normalized spacial score (nSPS) is 10.7. The molecule has 0 spiro atoms. The fourth-order valence-corrected chi connectivity index (χ4v) is 1.70. The molecule has 0 saturated carbocycles. The summed E-state index contributed by atoms with van der Waals surface area (Å²) in [6, 6.07) is 4.38. The van der Waals surface area contributed by atoms with Crippen molar-refractivity contribution in [1.82, 2.24) is 14.8 Å². The van der Waals surface area contributed by atoms with Gasteiger partial charge in [0.05, 0.1) is 6.61 Å². The minimum Gasteiger partial charge on any atom is -0.483 e. The fourth-order valence-electron chi connectivity index (χ4n) is 1.70. The molecule has 0 saturated heterocycles. The number of aliphatic hydroxyl groups excluding tert-OH is 1. The van der Waals surface area contributed by atoms with Gasteiger partial charge in [-0.15, -0.1) is 0 Å². The Balaban J connectivity index is 2.04. The zero-order chi connectivity index (χ0) is 13.7. The Kier molecular flexibility index (Phi) is 4.46. The third-order valence-electron chi connectivity index (χ3n) is 2.67. The number of aromatic nitrogens is 3. The Hall–Kier alpha value is -1.95. The van der Waals surface area contributed by atoms with Crippen LogP contribution in [0.15, 0.2) is 24.5 Å². The van der Waals surface area contributed by atoms with E-state index in [0.29, 0.717) is 11.4 Å². The Morgan fingerprint density at radius 2 is 2.26 bits per heavy atom. The highest BCUT2D eigenvalue weighted by Crippen LogP contribution is 2.19. The average Bonchev–Trinajstić information content (AvgIpc) is 2.85. The first-order chi connectivity index (χ1) is 9.24. The summed E-state index contributed by atoms with van der Waals surface area (Å²) >= 11 is 0. The molecule has 0 aliphatic rings. The highest BCUT2D eigenvalue weighted by molar-refractivity contribution is 5.29. The zero-order valence-electron chi connectivity index (χ0n) is 10.7. The van der Waals surface area contributed by atoms with Crippen molar-refractivity contribution in [3.8, 4) is 5.75 Å². The van der Waals surface area contributed by atoms with Gasteiger partial charge in [-0.25, -0.2) is 14.1 Å². The van der Waals surface area contributed by atoms with E-state index in [0.717, 1.165) is 13.0 Å². The molecule has 0 bridgehead atoms. The first-order valence-electron chi connectivity index (χ1n) is 6.13. The maximum atomic E-state index is 13.6. The quantitative estimate of drug-likeness (QED) is 0.866. The van der Waals surface area contributed by atoms with E-state index in [1.165, 1.54) is 18.5 Å². The molecule has 19 heavy (non-hydrogen) atoms. The van der Waals surface area contributed by atoms with Crippen LogP contribution in [0.5, 0.6) is 5.75 Å². The average molecular weight is 265 g/mol. The number of aryl methyl sites for hydroxylation is 1. The summed E-state index contributed by atoms with van der Waals surface area (Å²) in [6.07, 6.45) is 2.40. The second-order valence-corrected chi connectivity index (χ2v) is 4.11. The third-order valence-corrected chi connectivity index (χ3v) is 2.67. The number of rotatable bonds is 6. The van der Waals surface area contributed by atoms with Gasteiger partial charge >= 0.3 is 0 Å². The van der Waals surface area contributed by atoms with Crippen molar-refractivity contribution in [2.75, 3.05) is 0 Å². The van der Waals surface area contributed by atoms with Crippen LogP contribution in [0.25, 0.3) is 0 Å². The second-order valence-electron chi connectivity index (χ2n) is 4.11. The molecule has 1 aromatic heterocycles. The number of halogens is 1. The lowest BCUT2D eigenvalue weighted by atomic mass is 10.2. The lowest BCUT2D eigenvalue weighted by Gasteiger charge is -2.08. The Morgan fingerprint density at radius 1 is 1.42 bits per heavy atom. The predicted molar refractivity (Wildman–Crippen MR) is 67.0 cm³/mol. The number of benzene rings is 1. The van der Waals surface area contributed by atoms with Gasteiger partial charge in [-0.1, -0.05) is 13.0 Å². The summed E-state index contributed by atoms with van der Waals surface area (Å²) in [7, 11) is 0. The summed E-state index contributed by atoms with van der Waals surface area (Å²) < 4.78 is 20.8. The molecule has 0 radical (unpaired) electrons. The maximum Gasteiger partial charge on any atom is 0.165 e. The summed E-state index contributed by atoms with van der Waals surface area (Å²) in [5.41, 5.74) is 0.513. The molecule has 0 unspecified atom stereocenters. The monoisotopic (exact) mass is 265 g/mol. The van der Waals surface area contributed by atoms with Crippen LogP contribution in [0, 0.1) is 5.82 Å². The van der Waals surface area contributed by atoms with Crippen LogP contribution in [0.1, 0.15) is 24.7 Å². The van der Waals surface area contributed by atoms with Crippen LogP contribution >= 0.6 is 0 Å². The molecule has 1 heterocycles. The maximum absolute atomic E-state index is 13.6. The lowest BCUT2D eigenvalue weighted by Crippen LogP contribution is -2.09. The molecule has 2 rings (SSSR count). The fraction of sp³-hybridized carbons (Fsp3) is 0.385. The molecule has 0 atom stereocenters. The van der Waals surface area contributed by atoms with Crippen LogP contribution in [0.2, 0.25) is 0 Å². The molecule has 0 aliphatic carbocycles. The number of ether oxygens (including phenoxy) is 1. The van der Waals surface area contributed by atoms with E-state index < -0.39 is 5.82 Å². The van der Waals surface area contributed by atoms with Gasteiger partial charge in [0.1, 0.15) is 12.9 Å². The Morgan fingerprint density at radius 3 is 2.95 bits per heavy atom. The number of aliphatic hydroxyl groups is 1. The van der Waals surface area contributed by atoms with Crippen LogP contribution < -0.4 is 4.74 Å². The van der Waals surface area contributed by atoms with Crippen molar-refractivity contribution in [2.24, 2.45) is 0 Å². The van der Waals surface area contributed by atoms with E-state index in [1.54, 1.807) is 10.7 Å². The Labute approximate surface area is 110 Å². The molecule has 5 nitrogen and oxygen atoms in total. The third kappa shape index (κ3) is 3.29. The number of hydrogen-bond donors (Lipinski definition) is 1. The van der Waals surface area contributed by atoms with Gasteiger partial charge < -0.3 is 9.84 Å². The van der Waals surface area contributed by atoms with Gasteiger partial charge in [0.2, 0.25) is 0 Å². The van der Waals surface area contributed by atoms with E-state index >= 15 is 0 Å². The summed E-state index contributed by atoms with van der Waals surface area (Å²) in [6.45, 7) is 2.77. The van der Waals surface area contributed by atoms with Crippen LogP contribution in [0.4, 0.5) is 4.39 Å². The predicted octanol–water partition coefficient (Wildman–Crippen LogP) is 1.90. The largest absolute Gasteiger partial charge is 0.483 e. The molecule has 102 valence electrons. The number of nitrogens with zero attached hydrogens (tertiary/aromatic N) is 3. The molecule has 0 aliphatic heterocycles. The minimum absolute atomic E-state index is 0.142. The van der Waals surface area contributed by atoms with E-state index in [2.05, 4.69) is 10.1 Å². The SMILES string of the molecule is CCCn1ncnc1COc1ccc(CO)cc1F. The van der Waals surface area contributed by atoms with Crippen molar-refractivity contribution >= 4 is 0 Å². The summed E-state index contributed by atoms with van der Waals surface area (Å²) in [4.78, 5) is 4.08. The topological polar surface area (TPSA) is 60.2 Å². The molecule has 0 fully saturated rings. The van der Waals surface area contributed by atoms with Crippen molar-refractivity contribution in [1.29, 1.82) is 0 Å². The van der Waals surface area contributed by atoms with Crippen molar-refractivity contribution in [2.45, 2.75) is 33.1 Å². The van der Waals surface area contributed by atoms with Crippen molar-refractivity contribution < 1.29 is 14.2 Å². The Bertz CT molecular complexity index is 542. The molecule has 2 aromatic rings. The van der Waals surface area contributed by atoms with Crippen LogP contribution in [-0.2, 0) is 19.8 Å². The summed E-state index contributed by atoms with van der Waals surface area (Å²) in [5, 5.41) is 13.0. The van der Waals surface area contributed by atoms with E-state index in [1.807, 2.05) is 6.92 Å². The van der Waals surface area contributed by atoms with E-state index in [4.69, 9.17) is 9.84 Å². The standard InChI is InChI=1S/C13H16FN3O2/c1-2-5-17-13(15-9-16-17)8-19-12-4-3-10(7-18)6-11(12)14/h3-4,6,9,18H,2,5,7-8H2,1H3. The molecule has 0 amide bonds. The van der Waals surface area contributed by atoms with Crippen LogP contribution in [0.3, 0.4) is 0 Å².